The van der Waals surface area contributed by atoms with Crippen LogP contribution in [0.1, 0.15) is 35.4 Å². The number of rotatable bonds is 6. The van der Waals surface area contributed by atoms with Gasteiger partial charge in [-0.05, 0) is 36.2 Å². The summed E-state index contributed by atoms with van der Waals surface area (Å²) in [6.07, 6.45) is 0.739. The lowest BCUT2D eigenvalue weighted by Crippen LogP contribution is -2.43. The predicted molar refractivity (Wildman–Crippen MR) is 101 cm³/mol. The van der Waals surface area contributed by atoms with Crippen LogP contribution in [0.4, 0.5) is 11.4 Å². The van der Waals surface area contributed by atoms with E-state index >= 15 is 0 Å². The molecule has 1 atom stereocenters. The Bertz CT molecular complexity index is 730. The predicted octanol–water partition coefficient (Wildman–Crippen LogP) is 3.09. The number of para-hydroxylation sites is 1. The summed E-state index contributed by atoms with van der Waals surface area (Å²) in [6, 6.07) is 15.8. The van der Waals surface area contributed by atoms with Gasteiger partial charge in [0.05, 0.1) is 12.2 Å². The molecule has 0 fully saturated rings. The number of aliphatic hydroxyl groups is 1. The van der Waals surface area contributed by atoms with Crippen LogP contribution in [-0.4, -0.2) is 42.7 Å². The molecule has 5 nitrogen and oxygen atoms in total. The molecule has 0 aromatic heterocycles. The quantitative estimate of drug-likeness (QED) is 0.849. The molecular weight excluding hydrogens is 314 g/mol. The van der Waals surface area contributed by atoms with Gasteiger partial charge in [-0.25, -0.2) is 0 Å². The summed E-state index contributed by atoms with van der Waals surface area (Å²) in [6.45, 7) is 3.50. The number of hydrogen-bond donors (Lipinski definition) is 2. The first-order chi connectivity index (χ1) is 12.2. The summed E-state index contributed by atoms with van der Waals surface area (Å²) in [7, 11) is 1.95. The number of nitrogens with zero attached hydrogens (tertiary/aromatic N) is 2. The van der Waals surface area contributed by atoms with E-state index in [1.807, 2.05) is 65.4 Å². The second-order valence-corrected chi connectivity index (χ2v) is 6.33. The highest BCUT2D eigenvalue weighted by atomic mass is 16.3. The first-order valence-corrected chi connectivity index (χ1v) is 8.74. The largest absolute Gasteiger partial charge is 0.395 e. The van der Waals surface area contributed by atoms with E-state index in [2.05, 4.69) is 12.2 Å². The summed E-state index contributed by atoms with van der Waals surface area (Å²) in [5, 5.41) is 12.6. The van der Waals surface area contributed by atoms with Crippen molar-refractivity contribution in [2.75, 3.05) is 37.0 Å². The van der Waals surface area contributed by atoms with E-state index in [0.29, 0.717) is 13.1 Å². The van der Waals surface area contributed by atoms with Gasteiger partial charge < -0.3 is 20.2 Å². The lowest BCUT2D eigenvalue weighted by atomic mass is 10.0. The smallest absolute Gasteiger partial charge is 0.257 e. The maximum Gasteiger partial charge on any atom is 0.257 e. The van der Waals surface area contributed by atoms with Crippen molar-refractivity contribution in [3.8, 4) is 0 Å². The van der Waals surface area contributed by atoms with E-state index in [-0.39, 0.29) is 18.7 Å². The summed E-state index contributed by atoms with van der Waals surface area (Å²) in [4.78, 5) is 16.8. The molecule has 5 heteroatoms. The molecule has 0 unspecified atom stereocenters. The number of carbonyl (C=O) groups is 1. The van der Waals surface area contributed by atoms with Crippen molar-refractivity contribution >= 4 is 17.3 Å². The van der Waals surface area contributed by atoms with E-state index in [1.165, 1.54) is 0 Å². The second-order valence-electron chi connectivity index (χ2n) is 6.33. The van der Waals surface area contributed by atoms with Crippen LogP contribution < -0.4 is 10.2 Å². The van der Waals surface area contributed by atoms with Gasteiger partial charge in [-0.1, -0.05) is 31.2 Å². The molecule has 0 saturated heterocycles. The van der Waals surface area contributed by atoms with Gasteiger partial charge in [-0.3, -0.25) is 4.79 Å². The van der Waals surface area contributed by atoms with Gasteiger partial charge in [0.2, 0.25) is 0 Å². The molecule has 3 rings (SSSR count). The number of hydrogen-bond acceptors (Lipinski definition) is 4. The monoisotopic (exact) mass is 339 g/mol. The number of benzene rings is 2. The molecule has 1 amide bonds. The highest BCUT2D eigenvalue weighted by Gasteiger charge is 2.32. The third-order valence-corrected chi connectivity index (χ3v) is 4.57. The summed E-state index contributed by atoms with van der Waals surface area (Å²) < 4.78 is 0. The number of fused-ring (bicyclic) bond motifs is 1. The van der Waals surface area contributed by atoms with Gasteiger partial charge in [-0.2, -0.15) is 0 Å². The van der Waals surface area contributed by atoms with E-state index < -0.39 is 0 Å². The second kappa shape index (κ2) is 7.57. The number of aliphatic hydroxyl groups excluding tert-OH is 1. The van der Waals surface area contributed by atoms with Crippen LogP contribution in [0.3, 0.4) is 0 Å². The molecule has 2 aromatic carbocycles. The van der Waals surface area contributed by atoms with Gasteiger partial charge in [0.25, 0.3) is 5.91 Å². The minimum atomic E-state index is -0.167. The molecule has 0 bridgehead atoms. The van der Waals surface area contributed by atoms with Crippen molar-refractivity contribution < 1.29 is 9.90 Å². The summed E-state index contributed by atoms with van der Waals surface area (Å²) >= 11 is 0. The summed E-state index contributed by atoms with van der Waals surface area (Å²) in [5.74, 6) is 0.0719. The van der Waals surface area contributed by atoms with Crippen LogP contribution >= 0.6 is 0 Å². The Morgan fingerprint density at radius 2 is 1.88 bits per heavy atom. The van der Waals surface area contributed by atoms with Gasteiger partial charge in [0, 0.05) is 31.5 Å². The van der Waals surface area contributed by atoms with Crippen molar-refractivity contribution in [1.82, 2.24) is 4.90 Å². The fourth-order valence-corrected chi connectivity index (χ4v) is 3.22. The van der Waals surface area contributed by atoms with E-state index in [4.69, 9.17) is 5.11 Å². The van der Waals surface area contributed by atoms with E-state index in [0.717, 1.165) is 28.9 Å². The number of carbonyl (C=O) groups excluding carboxylic acids is 1. The Kier molecular flexibility index (Phi) is 5.24. The zero-order chi connectivity index (χ0) is 17.8. The Hall–Kier alpha value is -2.53. The Labute approximate surface area is 148 Å². The van der Waals surface area contributed by atoms with Gasteiger partial charge in [-0.15, -0.1) is 0 Å². The molecule has 0 spiro atoms. The van der Waals surface area contributed by atoms with E-state index in [1.54, 1.807) is 0 Å². The number of amides is 1. The lowest BCUT2D eigenvalue weighted by Gasteiger charge is -2.38. The molecular formula is C20H25N3O2. The molecule has 0 radical (unpaired) electrons. The van der Waals surface area contributed by atoms with Crippen molar-refractivity contribution in [2.24, 2.45) is 0 Å². The maximum absolute atomic E-state index is 12.9. The molecule has 25 heavy (non-hydrogen) atoms. The Balaban J connectivity index is 1.90. The van der Waals surface area contributed by atoms with Crippen molar-refractivity contribution in [3.05, 3.63) is 59.7 Å². The van der Waals surface area contributed by atoms with Crippen molar-refractivity contribution in [2.45, 2.75) is 19.5 Å². The fourth-order valence-electron chi connectivity index (χ4n) is 3.22. The summed E-state index contributed by atoms with van der Waals surface area (Å²) in [5.41, 5.74) is 3.71. The van der Waals surface area contributed by atoms with Crippen LogP contribution in [-0.2, 0) is 0 Å². The molecule has 1 aliphatic heterocycles. The van der Waals surface area contributed by atoms with Gasteiger partial charge in [0.1, 0.15) is 6.17 Å². The molecule has 2 N–H and O–H groups in total. The topological polar surface area (TPSA) is 55.8 Å². The number of likely N-dealkylation sites (N-methyl/N-ethyl adjacent to an activating group) is 1. The van der Waals surface area contributed by atoms with Crippen LogP contribution in [0.25, 0.3) is 0 Å². The lowest BCUT2D eigenvalue weighted by molar-refractivity contribution is 0.0683. The third-order valence-electron chi connectivity index (χ3n) is 4.57. The van der Waals surface area contributed by atoms with Crippen LogP contribution in [0.2, 0.25) is 0 Å². The third kappa shape index (κ3) is 3.46. The van der Waals surface area contributed by atoms with Crippen LogP contribution in [0.15, 0.2) is 48.5 Å². The van der Waals surface area contributed by atoms with Gasteiger partial charge in [0.15, 0.2) is 0 Å². The first-order valence-electron chi connectivity index (χ1n) is 8.74. The molecule has 1 aliphatic rings. The zero-order valence-corrected chi connectivity index (χ0v) is 14.8. The molecule has 0 aliphatic carbocycles. The first kappa shape index (κ1) is 17.3. The average molecular weight is 339 g/mol. The maximum atomic E-state index is 12.9. The van der Waals surface area contributed by atoms with Crippen molar-refractivity contribution in [3.63, 3.8) is 0 Å². The molecule has 132 valence electrons. The molecule has 0 saturated carbocycles. The van der Waals surface area contributed by atoms with Crippen molar-refractivity contribution in [1.29, 1.82) is 0 Å². The highest BCUT2D eigenvalue weighted by molar-refractivity contribution is 6.01. The molecule has 1 heterocycles. The van der Waals surface area contributed by atoms with Crippen LogP contribution in [0.5, 0.6) is 0 Å². The molecule has 2 aromatic rings. The van der Waals surface area contributed by atoms with Gasteiger partial charge >= 0.3 is 0 Å². The zero-order valence-electron chi connectivity index (χ0n) is 14.8. The normalized spacial score (nSPS) is 16.4. The standard InChI is InChI=1S/C20H25N3O2/c1-3-12-23-19(21-18-7-5-4-6-17(18)20(23)25)15-8-10-16(11-9-15)22(2)13-14-24/h4-11,19,21,24H,3,12-14H2,1-2H3/t19-/m0/s1. The average Bonchev–Trinajstić information content (AvgIpc) is 2.64. The minimum Gasteiger partial charge on any atom is -0.395 e. The SMILES string of the molecule is CCCN1C(=O)c2ccccc2N[C@@H]1c1ccc(N(C)CCO)cc1. The highest BCUT2D eigenvalue weighted by Crippen LogP contribution is 2.33. The Morgan fingerprint density at radius 1 is 1.16 bits per heavy atom. The fraction of sp³-hybridized carbons (Fsp3) is 0.350. The van der Waals surface area contributed by atoms with Crippen LogP contribution in [0, 0.1) is 0 Å². The van der Waals surface area contributed by atoms with E-state index in [9.17, 15) is 4.79 Å². The number of anilines is 2. The minimum absolute atomic E-state index is 0.0719. The Morgan fingerprint density at radius 3 is 2.56 bits per heavy atom. The number of nitrogens with one attached hydrogen (secondary N) is 1.